The first-order chi connectivity index (χ1) is 19.5. The first-order valence-corrected chi connectivity index (χ1v) is 13.6. The topological polar surface area (TPSA) is 120 Å². The normalized spacial score (nSPS) is 13.4. The third kappa shape index (κ3) is 5.80. The number of amides is 1. The number of nitrogens with one attached hydrogen (secondary N) is 2. The number of hydrogen-bond acceptors (Lipinski definition) is 9. The third-order valence-electron chi connectivity index (χ3n) is 6.01. The van der Waals surface area contributed by atoms with Crippen molar-refractivity contribution in [1.82, 2.24) is 19.5 Å². The van der Waals surface area contributed by atoms with Gasteiger partial charge in [-0.2, -0.15) is 0 Å². The number of benzene rings is 2. The summed E-state index contributed by atoms with van der Waals surface area (Å²) in [5.74, 6) is -0.968. The minimum Gasteiger partial charge on any atom is -0.443 e. The number of halogens is 2. The number of fused-ring (bicyclic) bond motifs is 2. The molecule has 5 aromatic rings. The second kappa shape index (κ2) is 10.1. The van der Waals surface area contributed by atoms with Gasteiger partial charge < -0.3 is 20.1 Å². The zero-order valence-corrected chi connectivity index (χ0v) is 23.0. The summed E-state index contributed by atoms with van der Waals surface area (Å²) in [4.78, 5) is 39.3. The summed E-state index contributed by atoms with van der Waals surface area (Å²) in [6.45, 7) is 5.15. The van der Waals surface area contributed by atoms with Gasteiger partial charge in [0.1, 0.15) is 33.3 Å². The molecule has 1 aliphatic carbocycles. The van der Waals surface area contributed by atoms with E-state index >= 15 is 0 Å². The van der Waals surface area contributed by atoms with Crippen LogP contribution in [0.15, 0.2) is 48.5 Å². The number of ether oxygens (including phenoxy) is 2. The number of hydrogen-bond donors (Lipinski definition) is 2. The van der Waals surface area contributed by atoms with Gasteiger partial charge in [0.2, 0.25) is 17.7 Å². The Kier molecular flexibility index (Phi) is 6.53. The molecule has 3 aromatic heterocycles. The third-order valence-corrected chi connectivity index (χ3v) is 6.89. The Morgan fingerprint density at radius 2 is 1.78 bits per heavy atom. The largest absolute Gasteiger partial charge is 0.443 e. The van der Waals surface area contributed by atoms with Crippen LogP contribution < -0.4 is 15.4 Å². The fourth-order valence-corrected chi connectivity index (χ4v) is 4.82. The number of pyridine rings is 1. The van der Waals surface area contributed by atoms with E-state index in [0.29, 0.717) is 32.3 Å². The van der Waals surface area contributed by atoms with Crippen molar-refractivity contribution in [3.8, 4) is 11.6 Å². The molecule has 2 aromatic carbocycles. The SMILES string of the molecule is CC(C)(C)OC(=O)n1c(Nc2ccc(F)cc2F)nc2ccc(Oc3ccc4nc(NC(=O)C5CC5)sc4n3)cc21. The molecule has 1 saturated carbocycles. The number of anilines is 3. The molecule has 2 N–H and O–H groups in total. The van der Waals surface area contributed by atoms with Crippen LogP contribution in [-0.2, 0) is 9.53 Å². The summed E-state index contributed by atoms with van der Waals surface area (Å²) < 4.78 is 40.6. The highest BCUT2D eigenvalue weighted by atomic mass is 32.1. The zero-order valence-electron chi connectivity index (χ0n) is 22.2. The first kappa shape index (κ1) is 26.6. The second-order valence-electron chi connectivity index (χ2n) is 10.5. The average molecular weight is 579 g/mol. The molecule has 0 unspecified atom stereocenters. The predicted molar refractivity (Wildman–Crippen MR) is 150 cm³/mol. The van der Waals surface area contributed by atoms with Crippen molar-refractivity contribution in [3.63, 3.8) is 0 Å². The maximum absolute atomic E-state index is 14.4. The highest BCUT2D eigenvalue weighted by Gasteiger charge is 2.30. The van der Waals surface area contributed by atoms with Gasteiger partial charge >= 0.3 is 6.09 Å². The van der Waals surface area contributed by atoms with Gasteiger partial charge in [-0.3, -0.25) is 4.79 Å². The van der Waals surface area contributed by atoms with E-state index in [1.165, 1.54) is 17.4 Å². The Morgan fingerprint density at radius 3 is 2.51 bits per heavy atom. The van der Waals surface area contributed by atoms with Crippen molar-refractivity contribution < 1.29 is 27.8 Å². The van der Waals surface area contributed by atoms with Crippen molar-refractivity contribution in [2.75, 3.05) is 10.6 Å². The predicted octanol–water partition coefficient (Wildman–Crippen LogP) is 6.99. The van der Waals surface area contributed by atoms with E-state index in [-0.39, 0.29) is 29.3 Å². The van der Waals surface area contributed by atoms with E-state index in [2.05, 4.69) is 25.6 Å². The van der Waals surface area contributed by atoms with Crippen LogP contribution in [0.3, 0.4) is 0 Å². The van der Waals surface area contributed by atoms with Crippen molar-refractivity contribution >= 4 is 61.5 Å². The van der Waals surface area contributed by atoms with Crippen LogP contribution in [0.2, 0.25) is 0 Å². The number of imidazole rings is 1. The maximum Gasteiger partial charge on any atom is 0.421 e. The molecule has 1 aliphatic rings. The lowest BCUT2D eigenvalue weighted by Gasteiger charge is -2.20. The van der Waals surface area contributed by atoms with E-state index in [0.717, 1.165) is 29.5 Å². The van der Waals surface area contributed by atoms with Crippen molar-refractivity contribution in [1.29, 1.82) is 0 Å². The highest BCUT2D eigenvalue weighted by Crippen LogP contribution is 2.34. The van der Waals surface area contributed by atoms with Gasteiger partial charge in [0.05, 0.1) is 16.7 Å². The molecule has 10 nitrogen and oxygen atoms in total. The average Bonchev–Trinajstić information content (AvgIpc) is 3.57. The Labute approximate surface area is 236 Å². The Bertz CT molecular complexity index is 1830. The molecule has 210 valence electrons. The summed E-state index contributed by atoms with van der Waals surface area (Å²) in [6.07, 6.45) is 1.03. The highest BCUT2D eigenvalue weighted by molar-refractivity contribution is 7.21. The number of thiazole rings is 1. The van der Waals surface area contributed by atoms with Gasteiger partial charge in [-0.25, -0.2) is 33.1 Å². The van der Waals surface area contributed by atoms with Crippen LogP contribution in [0.5, 0.6) is 11.6 Å². The Hall–Kier alpha value is -4.65. The lowest BCUT2D eigenvalue weighted by molar-refractivity contribution is -0.117. The standard InChI is InChI=1S/C28H24F2N6O4S/c1-28(2,3)40-27(38)36-21-13-16(7-9-19(21)32-25(36)31-18-8-6-15(29)12-17(18)30)39-22-11-10-20-24(34-22)41-26(33-20)35-23(37)14-4-5-14/h6-14H,4-5H2,1-3H3,(H,31,32)(H,33,35,37). The van der Waals surface area contributed by atoms with Gasteiger partial charge in [-0.1, -0.05) is 11.3 Å². The zero-order chi connectivity index (χ0) is 28.9. The molecule has 1 fully saturated rings. The fraction of sp³-hybridized carbons (Fsp3) is 0.250. The lowest BCUT2D eigenvalue weighted by Crippen LogP contribution is -2.27. The molecular weight excluding hydrogens is 554 g/mol. The summed E-state index contributed by atoms with van der Waals surface area (Å²) in [5.41, 5.74) is 0.444. The number of nitrogens with zero attached hydrogens (tertiary/aromatic N) is 4. The minimum absolute atomic E-state index is 0.0260. The quantitative estimate of drug-likeness (QED) is 0.221. The molecule has 0 spiro atoms. The van der Waals surface area contributed by atoms with E-state index in [9.17, 15) is 18.4 Å². The van der Waals surface area contributed by atoms with Crippen LogP contribution >= 0.6 is 11.3 Å². The molecule has 3 heterocycles. The first-order valence-electron chi connectivity index (χ1n) is 12.8. The summed E-state index contributed by atoms with van der Waals surface area (Å²) >= 11 is 1.24. The van der Waals surface area contributed by atoms with E-state index in [4.69, 9.17) is 9.47 Å². The van der Waals surface area contributed by atoms with E-state index < -0.39 is 23.3 Å². The Balaban J connectivity index is 1.32. The van der Waals surface area contributed by atoms with Gasteiger partial charge in [0.25, 0.3) is 0 Å². The van der Waals surface area contributed by atoms with Crippen LogP contribution in [-0.4, -0.2) is 37.1 Å². The van der Waals surface area contributed by atoms with E-state index in [1.54, 1.807) is 51.1 Å². The molecule has 6 rings (SSSR count). The molecule has 0 saturated heterocycles. The van der Waals surface area contributed by atoms with Gasteiger partial charge in [0.15, 0.2) is 5.13 Å². The number of rotatable bonds is 6. The van der Waals surface area contributed by atoms with Crippen LogP contribution in [0.1, 0.15) is 33.6 Å². The maximum atomic E-state index is 14.4. The molecular formula is C28H24F2N6O4S. The van der Waals surface area contributed by atoms with Gasteiger partial charge in [0, 0.05) is 24.1 Å². The van der Waals surface area contributed by atoms with Crippen LogP contribution in [0.4, 0.5) is 30.3 Å². The molecule has 1 amide bonds. The number of carbonyl (C=O) groups excluding carboxylic acids is 2. The molecule has 0 aliphatic heterocycles. The Morgan fingerprint density at radius 1 is 1.00 bits per heavy atom. The molecule has 0 bridgehead atoms. The van der Waals surface area contributed by atoms with Crippen molar-refractivity contribution in [2.24, 2.45) is 5.92 Å². The lowest BCUT2D eigenvalue weighted by atomic mass is 10.2. The van der Waals surface area contributed by atoms with Crippen molar-refractivity contribution in [3.05, 3.63) is 60.2 Å². The molecule has 13 heteroatoms. The monoisotopic (exact) mass is 578 g/mol. The summed E-state index contributed by atoms with van der Waals surface area (Å²) in [5, 5.41) is 6.06. The van der Waals surface area contributed by atoms with Crippen LogP contribution in [0, 0.1) is 17.6 Å². The second-order valence-corrected chi connectivity index (χ2v) is 11.5. The van der Waals surface area contributed by atoms with E-state index in [1.807, 2.05) is 0 Å². The summed E-state index contributed by atoms with van der Waals surface area (Å²) in [7, 11) is 0. The molecule has 0 radical (unpaired) electrons. The van der Waals surface area contributed by atoms with Gasteiger partial charge in [-0.05, 0) is 63.9 Å². The number of carbonyl (C=O) groups is 2. The molecule has 41 heavy (non-hydrogen) atoms. The molecule has 0 atom stereocenters. The van der Waals surface area contributed by atoms with Gasteiger partial charge in [-0.15, -0.1) is 0 Å². The summed E-state index contributed by atoms with van der Waals surface area (Å²) in [6, 6.07) is 11.3. The number of aromatic nitrogens is 4. The smallest absolute Gasteiger partial charge is 0.421 e. The van der Waals surface area contributed by atoms with Crippen molar-refractivity contribution in [2.45, 2.75) is 39.2 Å². The van der Waals surface area contributed by atoms with Crippen LogP contribution in [0.25, 0.3) is 21.4 Å². The minimum atomic E-state index is -0.850. The fourth-order valence-electron chi connectivity index (χ4n) is 3.99.